The molecule has 202 valence electrons. The quantitative estimate of drug-likeness (QED) is 0.337. The maximum atomic E-state index is 12.7. The smallest absolute Gasteiger partial charge is 0.411 e. The molecule has 5 N–H and O–H groups in total. The first-order valence-corrected chi connectivity index (χ1v) is 12.6. The fourth-order valence-corrected chi connectivity index (χ4v) is 4.62. The number of anilines is 1. The summed E-state index contributed by atoms with van der Waals surface area (Å²) in [7, 11) is 0. The molecule has 1 unspecified atom stereocenters. The van der Waals surface area contributed by atoms with Crippen molar-refractivity contribution in [2.45, 2.75) is 44.7 Å². The number of carbonyl (C=O) groups excluding carboxylic acids is 4. The van der Waals surface area contributed by atoms with Gasteiger partial charge in [-0.25, -0.2) is 4.79 Å². The lowest BCUT2D eigenvalue weighted by Gasteiger charge is -2.26. The zero-order valence-electron chi connectivity index (χ0n) is 22.1. The van der Waals surface area contributed by atoms with Gasteiger partial charge in [0.05, 0.1) is 0 Å². The van der Waals surface area contributed by atoms with Crippen LogP contribution < -0.4 is 21.7 Å². The summed E-state index contributed by atoms with van der Waals surface area (Å²) in [6.45, 7) is 4.48. The molecular formula is C30H32N4O5. The molecule has 1 aliphatic carbocycles. The van der Waals surface area contributed by atoms with Gasteiger partial charge in [0.15, 0.2) is 0 Å². The third-order valence-corrected chi connectivity index (χ3v) is 6.73. The summed E-state index contributed by atoms with van der Waals surface area (Å²) < 4.78 is 5.59. The molecule has 9 heteroatoms. The third kappa shape index (κ3) is 6.43. The van der Waals surface area contributed by atoms with Gasteiger partial charge in [-0.1, -0.05) is 60.7 Å². The van der Waals surface area contributed by atoms with Crippen LogP contribution in [0.2, 0.25) is 0 Å². The summed E-state index contributed by atoms with van der Waals surface area (Å²) in [6, 6.07) is 22.2. The van der Waals surface area contributed by atoms with Gasteiger partial charge in [-0.05, 0) is 53.8 Å². The van der Waals surface area contributed by atoms with Gasteiger partial charge in [-0.3, -0.25) is 19.7 Å². The third-order valence-electron chi connectivity index (χ3n) is 6.73. The number of hydrogen-bond acceptors (Lipinski definition) is 5. The Morgan fingerprint density at radius 3 is 2.00 bits per heavy atom. The second kappa shape index (κ2) is 11.4. The zero-order valence-corrected chi connectivity index (χ0v) is 22.1. The fraction of sp³-hybridized carbons (Fsp3) is 0.267. The van der Waals surface area contributed by atoms with Crippen LogP contribution >= 0.6 is 0 Å². The zero-order chi connectivity index (χ0) is 28.2. The van der Waals surface area contributed by atoms with E-state index in [1.807, 2.05) is 24.3 Å². The van der Waals surface area contributed by atoms with Gasteiger partial charge in [0.25, 0.3) is 0 Å². The molecule has 1 aliphatic rings. The summed E-state index contributed by atoms with van der Waals surface area (Å²) in [6.07, 6.45) is -0.403. The largest absolute Gasteiger partial charge is 0.448 e. The number of benzene rings is 3. The van der Waals surface area contributed by atoms with Crippen molar-refractivity contribution in [1.82, 2.24) is 10.6 Å². The van der Waals surface area contributed by atoms with Crippen molar-refractivity contribution in [2.24, 2.45) is 5.73 Å². The van der Waals surface area contributed by atoms with Crippen molar-refractivity contribution < 1.29 is 23.9 Å². The van der Waals surface area contributed by atoms with Gasteiger partial charge in [0, 0.05) is 24.9 Å². The van der Waals surface area contributed by atoms with Gasteiger partial charge in [-0.15, -0.1) is 0 Å². The van der Waals surface area contributed by atoms with Gasteiger partial charge in [-0.2, -0.15) is 0 Å². The molecule has 3 aromatic carbocycles. The topological polar surface area (TPSA) is 140 Å². The lowest BCUT2D eigenvalue weighted by molar-refractivity contribution is -0.133. The second-order valence-electron chi connectivity index (χ2n) is 10.1. The molecule has 0 aromatic heterocycles. The molecule has 9 nitrogen and oxygen atoms in total. The average molecular weight is 529 g/mol. The molecule has 4 amide bonds. The van der Waals surface area contributed by atoms with Gasteiger partial charge in [0.2, 0.25) is 17.7 Å². The lowest BCUT2D eigenvalue weighted by atomic mass is 9.98. The molecule has 0 saturated carbocycles. The van der Waals surface area contributed by atoms with Crippen LogP contribution in [-0.4, -0.2) is 42.0 Å². The highest BCUT2D eigenvalue weighted by Gasteiger charge is 2.31. The Labute approximate surface area is 227 Å². The Morgan fingerprint density at radius 1 is 0.897 bits per heavy atom. The highest BCUT2D eigenvalue weighted by Crippen LogP contribution is 2.44. The summed E-state index contributed by atoms with van der Waals surface area (Å²) in [4.78, 5) is 48.6. The van der Waals surface area contributed by atoms with E-state index in [1.54, 1.807) is 24.3 Å². The Kier molecular flexibility index (Phi) is 7.99. The number of primary amides is 1. The van der Waals surface area contributed by atoms with E-state index in [1.165, 1.54) is 20.8 Å². The van der Waals surface area contributed by atoms with E-state index in [2.05, 4.69) is 40.2 Å². The summed E-state index contributed by atoms with van der Waals surface area (Å²) in [5.41, 5.74) is 9.90. The molecule has 0 fully saturated rings. The standard InChI is InChI=1S/C30H32N4O5/c1-18(35)32-26(27(36)34-30(2,3)28(31)37)16-19-12-14-20(15-13-19)33-29(38)39-17-25-23-10-6-4-8-21(23)22-9-5-7-11-24(22)25/h4-15,25-26H,16-17H2,1-3H3,(H2,31,37)(H,32,35)(H,33,38)(H,34,36). The maximum absolute atomic E-state index is 12.7. The number of carbonyl (C=O) groups is 4. The Morgan fingerprint density at radius 2 is 1.46 bits per heavy atom. The van der Waals surface area contributed by atoms with Crippen LogP contribution in [0.5, 0.6) is 0 Å². The maximum Gasteiger partial charge on any atom is 0.411 e. The summed E-state index contributed by atoms with van der Waals surface area (Å²) in [5, 5.41) is 7.90. The number of amides is 4. The van der Waals surface area contributed by atoms with Crippen LogP contribution in [0.15, 0.2) is 72.8 Å². The predicted octanol–water partition coefficient (Wildman–Crippen LogP) is 3.47. The predicted molar refractivity (Wildman–Crippen MR) is 148 cm³/mol. The van der Waals surface area contributed by atoms with E-state index in [4.69, 9.17) is 10.5 Å². The fourth-order valence-electron chi connectivity index (χ4n) is 4.62. The Hall–Kier alpha value is -4.66. The monoisotopic (exact) mass is 528 g/mol. The molecule has 0 heterocycles. The van der Waals surface area contributed by atoms with Crippen LogP contribution in [0.3, 0.4) is 0 Å². The van der Waals surface area contributed by atoms with E-state index < -0.39 is 29.5 Å². The molecule has 0 radical (unpaired) electrons. The Balaban J connectivity index is 1.36. The SMILES string of the molecule is CC(=O)NC(Cc1ccc(NC(=O)OCC2c3ccccc3-c3ccccc32)cc1)C(=O)NC(C)(C)C(N)=O. The van der Waals surface area contributed by atoms with Crippen molar-refractivity contribution in [3.05, 3.63) is 89.5 Å². The first kappa shape index (κ1) is 27.4. The van der Waals surface area contributed by atoms with Crippen molar-refractivity contribution in [2.75, 3.05) is 11.9 Å². The number of fused-ring (bicyclic) bond motifs is 3. The van der Waals surface area contributed by atoms with Crippen molar-refractivity contribution in [1.29, 1.82) is 0 Å². The van der Waals surface area contributed by atoms with Gasteiger partial charge in [0.1, 0.15) is 18.2 Å². The summed E-state index contributed by atoms with van der Waals surface area (Å²) in [5.74, 6) is -1.65. The van der Waals surface area contributed by atoms with Gasteiger partial charge < -0.3 is 21.1 Å². The van der Waals surface area contributed by atoms with Crippen LogP contribution in [-0.2, 0) is 25.5 Å². The van der Waals surface area contributed by atoms with Gasteiger partial charge >= 0.3 is 6.09 Å². The minimum absolute atomic E-state index is 0.0399. The van der Waals surface area contributed by atoms with Crippen LogP contribution in [0.4, 0.5) is 10.5 Å². The highest BCUT2D eigenvalue weighted by molar-refractivity contribution is 5.93. The molecule has 39 heavy (non-hydrogen) atoms. The molecule has 4 rings (SSSR count). The number of hydrogen-bond donors (Lipinski definition) is 4. The van der Waals surface area contributed by atoms with E-state index in [0.717, 1.165) is 27.8 Å². The van der Waals surface area contributed by atoms with E-state index in [-0.39, 0.29) is 24.9 Å². The number of rotatable bonds is 9. The van der Waals surface area contributed by atoms with E-state index in [0.29, 0.717) is 5.69 Å². The van der Waals surface area contributed by atoms with Crippen LogP contribution in [0.1, 0.15) is 43.4 Å². The molecule has 3 aromatic rings. The van der Waals surface area contributed by atoms with Crippen LogP contribution in [0.25, 0.3) is 11.1 Å². The molecule has 1 atom stereocenters. The number of nitrogens with two attached hydrogens (primary N) is 1. The highest BCUT2D eigenvalue weighted by atomic mass is 16.5. The van der Waals surface area contributed by atoms with E-state index in [9.17, 15) is 19.2 Å². The first-order valence-electron chi connectivity index (χ1n) is 12.6. The Bertz CT molecular complexity index is 1350. The lowest BCUT2D eigenvalue weighted by Crippen LogP contribution is -2.58. The number of ether oxygens (including phenoxy) is 1. The van der Waals surface area contributed by atoms with Crippen LogP contribution in [0, 0.1) is 0 Å². The molecular weight excluding hydrogens is 496 g/mol. The average Bonchev–Trinajstić information content (AvgIpc) is 3.21. The second-order valence-corrected chi connectivity index (χ2v) is 10.1. The molecule has 0 saturated heterocycles. The molecule has 0 bridgehead atoms. The van der Waals surface area contributed by atoms with Crippen molar-refractivity contribution >= 4 is 29.5 Å². The first-order chi connectivity index (χ1) is 18.5. The number of nitrogens with one attached hydrogen (secondary N) is 3. The molecule has 0 spiro atoms. The van der Waals surface area contributed by atoms with Crippen molar-refractivity contribution in [3.63, 3.8) is 0 Å². The van der Waals surface area contributed by atoms with E-state index >= 15 is 0 Å². The van der Waals surface area contributed by atoms with Crippen molar-refractivity contribution in [3.8, 4) is 11.1 Å². The normalized spacial score (nSPS) is 13.0. The summed E-state index contributed by atoms with van der Waals surface area (Å²) >= 11 is 0. The minimum Gasteiger partial charge on any atom is -0.448 e. The molecule has 0 aliphatic heterocycles. The minimum atomic E-state index is -1.27.